The van der Waals surface area contributed by atoms with Crippen LogP contribution < -0.4 is 11.2 Å². The average Bonchev–Trinajstić information content (AvgIpc) is 2.51. The van der Waals surface area contributed by atoms with Crippen LogP contribution in [0.1, 0.15) is 20.3 Å². The maximum absolute atomic E-state index is 12.8. The first-order valence-corrected chi connectivity index (χ1v) is 9.04. The third kappa shape index (κ3) is 4.51. The van der Waals surface area contributed by atoms with Crippen molar-refractivity contribution in [1.29, 1.82) is 0 Å². The van der Waals surface area contributed by atoms with Gasteiger partial charge in [-0.05, 0) is 19.9 Å². The number of hydrogen-bond donors (Lipinski definition) is 1. The molecular formula is C14H21N2O6P. The Bertz CT molecular complexity index is 712. The van der Waals surface area contributed by atoms with Crippen LogP contribution in [-0.2, 0) is 24.9 Å². The zero-order valence-electron chi connectivity index (χ0n) is 13.2. The van der Waals surface area contributed by atoms with Crippen molar-refractivity contribution in [2.45, 2.75) is 32.9 Å². The quantitative estimate of drug-likeness (QED) is 0.752. The first-order chi connectivity index (χ1) is 11.0. The van der Waals surface area contributed by atoms with Gasteiger partial charge in [-0.3, -0.25) is 18.9 Å². The van der Waals surface area contributed by atoms with Crippen molar-refractivity contribution < 1.29 is 18.3 Å². The molecule has 0 spiro atoms. The second-order valence-corrected chi connectivity index (χ2v) is 7.00. The van der Waals surface area contributed by atoms with Gasteiger partial charge in [0.15, 0.2) is 0 Å². The topological polar surface area (TPSA) is 99.6 Å². The second kappa shape index (κ2) is 7.88. The van der Waals surface area contributed by atoms with Gasteiger partial charge >= 0.3 is 13.3 Å². The Morgan fingerprint density at radius 1 is 1.35 bits per heavy atom. The summed E-state index contributed by atoms with van der Waals surface area (Å²) in [6.07, 6.45) is 3.09. The van der Waals surface area contributed by atoms with Crippen molar-refractivity contribution >= 4 is 7.60 Å². The number of nitrogens with one attached hydrogen (secondary N) is 1. The fourth-order valence-corrected chi connectivity index (χ4v) is 4.12. The summed E-state index contributed by atoms with van der Waals surface area (Å²) in [7, 11) is -3.32. The fourth-order valence-electron chi connectivity index (χ4n) is 2.32. The van der Waals surface area contributed by atoms with Gasteiger partial charge in [0.1, 0.15) is 0 Å². The summed E-state index contributed by atoms with van der Waals surface area (Å²) < 4.78 is 30.4. The number of H-pyrrole nitrogens is 1. The Labute approximate surface area is 133 Å². The van der Waals surface area contributed by atoms with Crippen LogP contribution in [0.25, 0.3) is 0 Å². The molecule has 0 aliphatic carbocycles. The molecule has 2 rings (SSSR count). The molecule has 0 aromatic carbocycles. The largest absolute Gasteiger partial charge is 0.372 e. The van der Waals surface area contributed by atoms with Gasteiger partial charge in [-0.2, -0.15) is 0 Å². The molecule has 0 amide bonds. The lowest BCUT2D eigenvalue weighted by atomic mass is 10.2. The third-order valence-corrected chi connectivity index (χ3v) is 5.56. The minimum Gasteiger partial charge on any atom is -0.372 e. The van der Waals surface area contributed by atoms with Crippen molar-refractivity contribution in [3.05, 3.63) is 44.5 Å². The van der Waals surface area contributed by atoms with E-state index in [0.29, 0.717) is 18.3 Å². The lowest BCUT2D eigenvalue weighted by molar-refractivity contribution is 0.0646. The molecule has 0 fully saturated rings. The van der Waals surface area contributed by atoms with Gasteiger partial charge in [0.25, 0.3) is 5.56 Å². The molecule has 0 saturated heterocycles. The number of aromatic amines is 1. The summed E-state index contributed by atoms with van der Waals surface area (Å²) in [5.74, 6) is 0. The van der Waals surface area contributed by atoms with E-state index in [4.69, 9.17) is 13.8 Å². The van der Waals surface area contributed by atoms with Crippen molar-refractivity contribution in [3.8, 4) is 0 Å². The highest BCUT2D eigenvalue weighted by molar-refractivity contribution is 7.58. The fraction of sp³-hybridized carbons (Fsp3) is 0.571. The number of hydrogen-bond acceptors (Lipinski definition) is 6. The van der Waals surface area contributed by atoms with E-state index in [2.05, 4.69) is 4.98 Å². The first kappa shape index (κ1) is 17.9. The highest BCUT2D eigenvalue weighted by atomic mass is 31.2. The summed E-state index contributed by atoms with van der Waals surface area (Å²) in [6.45, 7) is 4.63. The Balaban J connectivity index is 2.22. The molecule has 23 heavy (non-hydrogen) atoms. The number of aromatic nitrogens is 2. The summed E-state index contributed by atoms with van der Waals surface area (Å²) in [4.78, 5) is 25.0. The van der Waals surface area contributed by atoms with E-state index in [1.54, 1.807) is 19.9 Å². The van der Waals surface area contributed by atoms with Crippen LogP contribution >= 0.6 is 7.60 Å². The standard InChI is InChI=1S/C14H21N2O6P/c1-3-21-23(19,22-4-2)12-6-8-20-11(9-12)10-16-7-5-13(17)15-14(16)18/h5,7,9,11H,3-4,6,8,10H2,1-2H3,(H,15,17,18). The van der Waals surface area contributed by atoms with Crippen LogP contribution in [0, 0.1) is 0 Å². The zero-order valence-corrected chi connectivity index (χ0v) is 14.1. The molecule has 1 aromatic rings. The van der Waals surface area contributed by atoms with Crippen LogP contribution in [0.15, 0.2) is 33.2 Å². The molecular weight excluding hydrogens is 323 g/mol. The van der Waals surface area contributed by atoms with Crippen molar-refractivity contribution in [2.75, 3.05) is 19.8 Å². The summed E-state index contributed by atoms with van der Waals surface area (Å²) in [6, 6.07) is 1.26. The molecule has 0 saturated carbocycles. The first-order valence-electron chi connectivity index (χ1n) is 7.50. The van der Waals surface area contributed by atoms with Crippen LogP contribution in [0.5, 0.6) is 0 Å². The minimum absolute atomic E-state index is 0.206. The van der Waals surface area contributed by atoms with Gasteiger partial charge in [-0.25, -0.2) is 4.79 Å². The molecule has 1 unspecified atom stereocenters. The lowest BCUT2D eigenvalue weighted by Gasteiger charge is -2.26. The molecule has 1 aromatic heterocycles. The number of rotatable bonds is 7. The molecule has 2 heterocycles. The summed E-state index contributed by atoms with van der Waals surface area (Å²) in [5.41, 5.74) is -0.969. The van der Waals surface area contributed by atoms with E-state index in [-0.39, 0.29) is 19.8 Å². The third-order valence-electron chi connectivity index (χ3n) is 3.29. The Hall–Kier alpha value is -1.47. The van der Waals surface area contributed by atoms with Gasteiger partial charge in [0.05, 0.1) is 32.5 Å². The van der Waals surface area contributed by atoms with Gasteiger partial charge in [0, 0.05) is 24.0 Å². The van der Waals surface area contributed by atoms with E-state index < -0.39 is 24.9 Å². The molecule has 1 aliphatic heterocycles. The molecule has 0 radical (unpaired) electrons. The molecule has 8 nitrogen and oxygen atoms in total. The Morgan fingerprint density at radius 3 is 2.65 bits per heavy atom. The van der Waals surface area contributed by atoms with E-state index in [1.165, 1.54) is 16.8 Å². The van der Waals surface area contributed by atoms with E-state index >= 15 is 0 Å². The highest BCUT2D eigenvalue weighted by Gasteiger charge is 2.32. The zero-order chi connectivity index (χ0) is 16.9. The minimum atomic E-state index is -3.32. The molecule has 0 bridgehead atoms. The van der Waals surface area contributed by atoms with E-state index in [0.717, 1.165) is 0 Å². The molecule has 128 valence electrons. The van der Waals surface area contributed by atoms with E-state index in [9.17, 15) is 14.2 Å². The monoisotopic (exact) mass is 344 g/mol. The smallest absolute Gasteiger partial charge is 0.357 e. The average molecular weight is 344 g/mol. The number of ether oxygens (including phenoxy) is 1. The lowest BCUT2D eigenvalue weighted by Crippen LogP contribution is -2.33. The molecule has 1 aliphatic rings. The van der Waals surface area contributed by atoms with Gasteiger partial charge in [0.2, 0.25) is 0 Å². The van der Waals surface area contributed by atoms with Gasteiger partial charge < -0.3 is 13.8 Å². The summed E-state index contributed by atoms with van der Waals surface area (Å²) in [5, 5.41) is 0.565. The molecule has 1 atom stereocenters. The second-order valence-electron chi connectivity index (χ2n) is 4.91. The van der Waals surface area contributed by atoms with Crippen molar-refractivity contribution in [2.24, 2.45) is 0 Å². The maximum atomic E-state index is 12.8. The maximum Gasteiger partial charge on any atom is 0.357 e. The number of nitrogens with zero attached hydrogens (tertiary/aromatic N) is 1. The Kier molecular flexibility index (Phi) is 6.12. The van der Waals surface area contributed by atoms with Crippen LogP contribution in [-0.4, -0.2) is 35.5 Å². The SMILES string of the molecule is CCOP(=O)(OCC)C1=CC(Cn2ccc(=O)[nH]c2=O)OCC1. The summed E-state index contributed by atoms with van der Waals surface area (Å²) >= 11 is 0. The van der Waals surface area contributed by atoms with Crippen LogP contribution in [0.4, 0.5) is 0 Å². The highest BCUT2D eigenvalue weighted by Crippen LogP contribution is 2.58. The van der Waals surface area contributed by atoms with Crippen LogP contribution in [0.3, 0.4) is 0 Å². The van der Waals surface area contributed by atoms with Gasteiger partial charge in [-0.1, -0.05) is 0 Å². The molecule has 1 N–H and O–H groups in total. The molecule has 9 heteroatoms. The van der Waals surface area contributed by atoms with Crippen molar-refractivity contribution in [3.63, 3.8) is 0 Å². The normalized spacial score (nSPS) is 18.7. The van der Waals surface area contributed by atoms with Crippen LogP contribution in [0.2, 0.25) is 0 Å². The Morgan fingerprint density at radius 2 is 2.04 bits per heavy atom. The van der Waals surface area contributed by atoms with E-state index in [1.807, 2.05) is 0 Å². The predicted molar refractivity (Wildman–Crippen MR) is 84.6 cm³/mol. The van der Waals surface area contributed by atoms with Gasteiger partial charge in [-0.15, -0.1) is 0 Å². The van der Waals surface area contributed by atoms with Crippen molar-refractivity contribution in [1.82, 2.24) is 9.55 Å². The predicted octanol–water partition coefficient (Wildman–Crippen LogP) is 1.48.